The lowest BCUT2D eigenvalue weighted by Crippen LogP contribution is -2.16. The molecule has 0 amide bonds. The van der Waals surface area contributed by atoms with Gasteiger partial charge in [-0.3, -0.25) is 0 Å². The maximum absolute atomic E-state index is 5.36. The Morgan fingerprint density at radius 3 is 2.31 bits per heavy atom. The van der Waals surface area contributed by atoms with Crippen molar-refractivity contribution in [3.05, 3.63) is 25.7 Å². The maximum atomic E-state index is 5.36. The SMILES string of the molecule is C=COCC(CCCCCCCC)OC=C. The predicted molar refractivity (Wildman–Crippen MR) is 69.2 cm³/mol. The molecular formula is C14H26O2. The second-order valence-corrected chi connectivity index (χ2v) is 3.98. The van der Waals surface area contributed by atoms with E-state index < -0.39 is 0 Å². The summed E-state index contributed by atoms with van der Waals surface area (Å²) in [5, 5.41) is 0. The van der Waals surface area contributed by atoms with E-state index in [-0.39, 0.29) is 6.10 Å². The Morgan fingerprint density at radius 1 is 1.00 bits per heavy atom. The van der Waals surface area contributed by atoms with Crippen molar-refractivity contribution in [2.45, 2.75) is 58.0 Å². The molecule has 1 unspecified atom stereocenters. The van der Waals surface area contributed by atoms with Gasteiger partial charge < -0.3 is 9.47 Å². The minimum Gasteiger partial charge on any atom is -0.498 e. The normalized spacial score (nSPS) is 11.8. The molecule has 0 aromatic carbocycles. The van der Waals surface area contributed by atoms with E-state index in [2.05, 4.69) is 20.1 Å². The molecule has 0 saturated heterocycles. The first-order valence-corrected chi connectivity index (χ1v) is 6.34. The van der Waals surface area contributed by atoms with Crippen LogP contribution in [0.1, 0.15) is 51.9 Å². The molecule has 0 bridgehead atoms. The molecule has 0 saturated carbocycles. The Balaban J connectivity index is 3.43. The van der Waals surface area contributed by atoms with Gasteiger partial charge in [0.15, 0.2) is 0 Å². The zero-order valence-electron chi connectivity index (χ0n) is 10.6. The third kappa shape index (κ3) is 9.63. The van der Waals surface area contributed by atoms with Gasteiger partial charge in [0.25, 0.3) is 0 Å². The van der Waals surface area contributed by atoms with Gasteiger partial charge in [0.2, 0.25) is 0 Å². The number of rotatable bonds is 12. The molecule has 2 nitrogen and oxygen atoms in total. The van der Waals surface area contributed by atoms with Crippen molar-refractivity contribution < 1.29 is 9.47 Å². The molecule has 0 heterocycles. The lowest BCUT2D eigenvalue weighted by Gasteiger charge is -2.15. The van der Waals surface area contributed by atoms with Crippen molar-refractivity contribution in [2.75, 3.05) is 6.61 Å². The van der Waals surface area contributed by atoms with Crippen LogP contribution in [0.25, 0.3) is 0 Å². The summed E-state index contributed by atoms with van der Waals surface area (Å²) in [7, 11) is 0. The van der Waals surface area contributed by atoms with Crippen molar-refractivity contribution in [3.63, 3.8) is 0 Å². The Kier molecular flexibility index (Phi) is 11.5. The lowest BCUT2D eigenvalue weighted by molar-refractivity contribution is 0.0615. The molecule has 94 valence electrons. The van der Waals surface area contributed by atoms with Gasteiger partial charge >= 0.3 is 0 Å². The van der Waals surface area contributed by atoms with Crippen LogP contribution in [0.15, 0.2) is 25.7 Å². The average Bonchev–Trinajstić information content (AvgIpc) is 2.30. The molecule has 0 rings (SSSR count). The second-order valence-electron chi connectivity index (χ2n) is 3.98. The molecule has 0 aromatic rings. The Morgan fingerprint density at radius 2 is 1.69 bits per heavy atom. The Hall–Kier alpha value is -0.920. The molecular weight excluding hydrogens is 200 g/mol. The number of ether oxygens (including phenoxy) is 2. The summed E-state index contributed by atoms with van der Waals surface area (Å²) in [6, 6.07) is 0. The first-order valence-electron chi connectivity index (χ1n) is 6.34. The van der Waals surface area contributed by atoms with Crippen LogP contribution in [-0.2, 0) is 9.47 Å². The van der Waals surface area contributed by atoms with Gasteiger partial charge in [-0.2, -0.15) is 0 Å². The summed E-state index contributed by atoms with van der Waals surface area (Å²) < 4.78 is 10.5. The highest BCUT2D eigenvalue weighted by atomic mass is 16.5. The zero-order valence-corrected chi connectivity index (χ0v) is 10.6. The van der Waals surface area contributed by atoms with Crippen LogP contribution in [0.3, 0.4) is 0 Å². The highest BCUT2D eigenvalue weighted by Crippen LogP contribution is 2.11. The molecule has 1 atom stereocenters. The van der Waals surface area contributed by atoms with E-state index in [0.29, 0.717) is 6.61 Å². The van der Waals surface area contributed by atoms with Gasteiger partial charge in [-0.05, 0) is 12.8 Å². The zero-order chi connectivity index (χ0) is 12.1. The predicted octanol–water partition coefficient (Wildman–Crippen LogP) is 4.43. The van der Waals surface area contributed by atoms with Crippen molar-refractivity contribution >= 4 is 0 Å². The van der Waals surface area contributed by atoms with Crippen LogP contribution < -0.4 is 0 Å². The van der Waals surface area contributed by atoms with Gasteiger partial charge in [0.1, 0.15) is 12.7 Å². The van der Waals surface area contributed by atoms with Gasteiger partial charge in [-0.1, -0.05) is 52.2 Å². The van der Waals surface area contributed by atoms with E-state index in [1.165, 1.54) is 51.0 Å². The van der Waals surface area contributed by atoms with Crippen molar-refractivity contribution in [1.29, 1.82) is 0 Å². The summed E-state index contributed by atoms with van der Waals surface area (Å²) in [6.07, 6.45) is 11.9. The van der Waals surface area contributed by atoms with E-state index in [9.17, 15) is 0 Å². The van der Waals surface area contributed by atoms with Crippen molar-refractivity contribution in [3.8, 4) is 0 Å². The molecule has 0 radical (unpaired) electrons. The molecule has 16 heavy (non-hydrogen) atoms. The van der Waals surface area contributed by atoms with Crippen molar-refractivity contribution in [1.82, 2.24) is 0 Å². The topological polar surface area (TPSA) is 18.5 Å². The molecule has 0 N–H and O–H groups in total. The molecule has 0 spiro atoms. The van der Waals surface area contributed by atoms with Gasteiger partial charge in [-0.15, -0.1) is 0 Å². The van der Waals surface area contributed by atoms with Crippen LogP contribution in [0, 0.1) is 0 Å². The van der Waals surface area contributed by atoms with E-state index in [0.717, 1.165) is 6.42 Å². The van der Waals surface area contributed by atoms with E-state index in [1.807, 2.05) is 0 Å². The van der Waals surface area contributed by atoms with Gasteiger partial charge in [0, 0.05) is 0 Å². The fraction of sp³-hybridized carbons (Fsp3) is 0.714. The van der Waals surface area contributed by atoms with Crippen LogP contribution in [0.5, 0.6) is 0 Å². The Labute approximate surface area is 100 Å². The first kappa shape index (κ1) is 15.1. The van der Waals surface area contributed by atoms with Crippen LogP contribution in [0.4, 0.5) is 0 Å². The van der Waals surface area contributed by atoms with Gasteiger partial charge in [0.05, 0.1) is 12.5 Å². The molecule has 2 heteroatoms. The molecule has 0 aliphatic carbocycles. The third-order valence-corrected chi connectivity index (χ3v) is 2.57. The van der Waals surface area contributed by atoms with Crippen LogP contribution >= 0.6 is 0 Å². The minimum atomic E-state index is 0.127. The third-order valence-electron chi connectivity index (χ3n) is 2.57. The van der Waals surface area contributed by atoms with Crippen molar-refractivity contribution in [2.24, 2.45) is 0 Å². The second kappa shape index (κ2) is 12.2. The Bertz CT molecular complexity index is 166. The molecule has 0 fully saturated rings. The quantitative estimate of drug-likeness (QED) is 0.362. The number of unbranched alkanes of at least 4 members (excludes halogenated alkanes) is 5. The van der Waals surface area contributed by atoms with E-state index in [4.69, 9.17) is 9.47 Å². The highest BCUT2D eigenvalue weighted by molar-refractivity contribution is 4.64. The number of hydrogen-bond donors (Lipinski definition) is 0. The summed E-state index contributed by atoms with van der Waals surface area (Å²) in [4.78, 5) is 0. The summed E-state index contributed by atoms with van der Waals surface area (Å²) >= 11 is 0. The summed E-state index contributed by atoms with van der Waals surface area (Å²) in [5.41, 5.74) is 0. The first-order chi connectivity index (χ1) is 7.85. The van der Waals surface area contributed by atoms with Gasteiger partial charge in [-0.25, -0.2) is 0 Å². The monoisotopic (exact) mass is 226 g/mol. The molecule has 0 aromatic heterocycles. The fourth-order valence-electron chi connectivity index (χ4n) is 1.65. The molecule has 0 aliphatic rings. The average molecular weight is 226 g/mol. The van der Waals surface area contributed by atoms with Crippen LogP contribution in [-0.4, -0.2) is 12.7 Å². The largest absolute Gasteiger partial charge is 0.498 e. The maximum Gasteiger partial charge on any atom is 0.132 e. The smallest absolute Gasteiger partial charge is 0.132 e. The summed E-state index contributed by atoms with van der Waals surface area (Å²) in [6.45, 7) is 9.90. The minimum absolute atomic E-state index is 0.127. The number of hydrogen-bond acceptors (Lipinski definition) is 2. The van der Waals surface area contributed by atoms with E-state index >= 15 is 0 Å². The van der Waals surface area contributed by atoms with Crippen LogP contribution in [0.2, 0.25) is 0 Å². The highest BCUT2D eigenvalue weighted by Gasteiger charge is 2.07. The molecule has 0 aliphatic heterocycles. The summed E-state index contributed by atoms with van der Waals surface area (Å²) in [5.74, 6) is 0. The van der Waals surface area contributed by atoms with E-state index in [1.54, 1.807) is 0 Å². The fourth-order valence-corrected chi connectivity index (χ4v) is 1.65. The standard InChI is InChI=1S/C14H26O2/c1-4-7-8-9-10-11-12-14(16-6-3)13-15-5-2/h5-6,14H,2-4,7-13H2,1H3. The lowest BCUT2D eigenvalue weighted by atomic mass is 10.1.